The second-order valence-corrected chi connectivity index (χ2v) is 9.57. The number of aliphatic hydroxyl groups excluding tert-OH is 1. The standard InChI is InChI=1S/C26H25N5O3S/c1-16(2)14-34-21-7-6-19(11-28-21)20-15-35-23-22(20)29-24(30-26(23)33)25-27-8-9-31(25)12-17-4-3-5-18(10-17)13-32/h3-11,15-16,32H,12-14H2,1-2H3,(H,29,30,33). The quantitative estimate of drug-likeness (QED) is 0.334. The number of fused-ring (bicyclic) bond motifs is 1. The van der Waals surface area contributed by atoms with Crippen molar-refractivity contribution in [3.63, 3.8) is 0 Å². The highest BCUT2D eigenvalue weighted by molar-refractivity contribution is 7.17. The molecule has 0 atom stereocenters. The number of hydrogen-bond acceptors (Lipinski definition) is 7. The first-order valence-electron chi connectivity index (χ1n) is 11.3. The Balaban J connectivity index is 1.49. The van der Waals surface area contributed by atoms with Gasteiger partial charge in [0.25, 0.3) is 5.56 Å². The van der Waals surface area contributed by atoms with Gasteiger partial charge >= 0.3 is 0 Å². The van der Waals surface area contributed by atoms with E-state index >= 15 is 0 Å². The molecule has 4 heterocycles. The Bertz CT molecular complexity index is 1520. The fourth-order valence-electron chi connectivity index (χ4n) is 3.79. The molecule has 5 aromatic rings. The Morgan fingerprint density at radius 2 is 2.03 bits per heavy atom. The summed E-state index contributed by atoms with van der Waals surface area (Å²) in [4.78, 5) is 29.5. The highest BCUT2D eigenvalue weighted by Crippen LogP contribution is 2.32. The van der Waals surface area contributed by atoms with Gasteiger partial charge in [-0.25, -0.2) is 15.0 Å². The number of aromatic amines is 1. The van der Waals surface area contributed by atoms with Gasteiger partial charge < -0.3 is 19.4 Å². The van der Waals surface area contributed by atoms with Crippen LogP contribution >= 0.6 is 11.3 Å². The number of benzene rings is 1. The minimum Gasteiger partial charge on any atom is -0.477 e. The molecule has 0 spiro atoms. The topological polar surface area (TPSA) is 106 Å². The Kier molecular flexibility index (Phi) is 6.43. The molecule has 2 N–H and O–H groups in total. The van der Waals surface area contributed by atoms with Gasteiger partial charge in [-0.05, 0) is 23.1 Å². The normalized spacial score (nSPS) is 11.4. The third-order valence-corrected chi connectivity index (χ3v) is 6.46. The van der Waals surface area contributed by atoms with Gasteiger partial charge in [-0.15, -0.1) is 11.3 Å². The van der Waals surface area contributed by atoms with E-state index in [2.05, 4.69) is 28.8 Å². The number of nitrogens with zero attached hydrogens (tertiary/aromatic N) is 4. The largest absolute Gasteiger partial charge is 0.477 e. The third kappa shape index (κ3) is 4.87. The zero-order chi connectivity index (χ0) is 24.4. The number of thiophene rings is 1. The van der Waals surface area contributed by atoms with Gasteiger partial charge in [-0.3, -0.25) is 4.79 Å². The van der Waals surface area contributed by atoms with Crippen LogP contribution in [-0.4, -0.2) is 36.2 Å². The van der Waals surface area contributed by atoms with Crippen LogP contribution in [0.3, 0.4) is 0 Å². The van der Waals surface area contributed by atoms with Crippen LogP contribution in [0.5, 0.6) is 5.88 Å². The van der Waals surface area contributed by atoms with Crippen molar-refractivity contribution >= 4 is 21.6 Å². The zero-order valence-electron chi connectivity index (χ0n) is 19.4. The number of ether oxygens (including phenoxy) is 1. The number of rotatable bonds is 8. The molecule has 0 amide bonds. The van der Waals surface area contributed by atoms with Crippen LogP contribution in [0.1, 0.15) is 25.0 Å². The van der Waals surface area contributed by atoms with E-state index in [1.165, 1.54) is 11.3 Å². The van der Waals surface area contributed by atoms with Crippen molar-refractivity contribution in [2.45, 2.75) is 27.0 Å². The molecule has 178 valence electrons. The first-order chi connectivity index (χ1) is 17.0. The molecule has 0 saturated heterocycles. The van der Waals surface area contributed by atoms with Gasteiger partial charge in [0.15, 0.2) is 11.6 Å². The van der Waals surface area contributed by atoms with Crippen LogP contribution in [0.4, 0.5) is 0 Å². The fourth-order valence-corrected chi connectivity index (χ4v) is 4.70. The van der Waals surface area contributed by atoms with Crippen molar-refractivity contribution in [3.05, 3.63) is 81.8 Å². The maximum Gasteiger partial charge on any atom is 0.269 e. The van der Waals surface area contributed by atoms with Gasteiger partial charge in [0.2, 0.25) is 5.88 Å². The number of aromatic nitrogens is 5. The second-order valence-electron chi connectivity index (χ2n) is 8.69. The van der Waals surface area contributed by atoms with Crippen molar-refractivity contribution in [2.75, 3.05) is 6.61 Å². The number of H-pyrrole nitrogens is 1. The average molecular weight is 488 g/mol. The van der Waals surface area contributed by atoms with Crippen LogP contribution in [0.15, 0.2) is 65.2 Å². The van der Waals surface area contributed by atoms with E-state index in [4.69, 9.17) is 9.72 Å². The van der Waals surface area contributed by atoms with Crippen LogP contribution in [0.25, 0.3) is 33.0 Å². The lowest BCUT2D eigenvalue weighted by Gasteiger charge is -2.09. The van der Waals surface area contributed by atoms with Gasteiger partial charge in [-0.1, -0.05) is 38.1 Å². The average Bonchev–Trinajstić information content (AvgIpc) is 3.50. The smallest absolute Gasteiger partial charge is 0.269 e. The van der Waals surface area contributed by atoms with E-state index in [-0.39, 0.29) is 12.2 Å². The first kappa shape index (κ1) is 22.9. The molecular formula is C26H25N5O3S. The summed E-state index contributed by atoms with van der Waals surface area (Å²) < 4.78 is 8.17. The number of aliphatic hydroxyl groups is 1. The summed E-state index contributed by atoms with van der Waals surface area (Å²) in [7, 11) is 0. The van der Waals surface area contributed by atoms with Gasteiger partial charge in [0, 0.05) is 47.7 Å². The van der Waals surface area contributed by atoms with E-state index in [9.17, 15) is 9.90 Å². The molecule has 0 saturated carbocycles. The molecule has 5 rings (SSSR count). The maximum atomic E-state index is 12.9. The number of pyridine rings is 1. The summed E-state index contributed by atoms with van der Waals surface area (Å²) in [5.41, 5.74) is 3.97. The maximum absolute atomic E-state index is 12.9. The predicted octanol–water partition coefficient (Wildman–Crippen LogP) is 4.49. The minimum atomic E-state index is -0.206. The Morgan fingerprint density at radius 3 is 2.80 bits per heavy atom. The molecule has 0 aliphatic carbocycles. The molecule has 0 radical (unpaired) electrons. The van der Waals surface area contributed by atoms with Crippen molar-refractivity contribution in [3.8, 4) is 28.7 Å². The summed E-state index contributed by atoms with van der Waals surface area (Å²) in [6.07, 6.45) is 5.28. The van der Waals surface area contributed by atoms with E-state index in [1.54, 1.807) is 12.4 Å². The van der Waals surface area contributed by atoms with E-state index in [0.717, 1.165) is 22.3 Å². The van der Waals surface area contributed by atoms with Gasteiger partial charge in [0.05, 0.1) is 18.7 Å². The zero-order valence-corrected chi connectivity index (χ0v) is 20.2. The van der Waals surface area contributed by atoms with Crippen LogP contribution in [0, 0.1) is 5.92 Å². The molecule has 0 unspecified atom stereocenters. The highest BCUT2D eigenvalue weighted by Gasteiger charge is 2.16. The lowest BCUT2D eigenvalue weighted by molar-refractivity contribution is 0.261. The van der Waals surface area contributed by atoms with Crippen LogP contribution in [-0.2, 0) is 13.2 Å². The summed E-state index contributed by atoms with van der Waals surface area (Å²) in [6.45, 7) is 5.29. The van der Waals surface area contributed by atoms with Crippen molar-refractivity contribution in [1.82, 2.24) is 24.5 Å². The molecule has 0 fully saturated rings. The van der Waals surface area contributed by atoms with Crippen LogP contribution in [0.2, 0.25) is 0 Å². The monoisotopic (exact) mass is 487 g/mol. The molecule has 4 aromatic heterocycles. The molecular weight excluding hydrogens is 462 g/mol. The van der Waals surface area contributed by atoms with Crippen molar-refractivity contribution in [1.29, 1.82) is 0 Å². The number of hydrogen-bond donors (Lipinski definition) is 2. The summed E-state index contributed by atoms with van der Waals surface area (Å²) in [6, 6.07) is 11.5. The fraction of sp³-hybridized carbons (Fsp3) is 0.231. The highest BCUT2D eigenvalue weighted by atomic mass is 32.1. The molecule has 0 aliphatic rings. The predicted molar refractivity (Wildman–Crippen MR) is 136 cm³/mol. The van der Waals surface area contributed by atoms with Gasteiger partial charge in [0.1, 0.15) is 4.70 Å². The molecule has 9 heteroatoms. The summed E-state index contributed by atoms with van der Waals surface area (Å²) >= 11 is 1.35. The number of nitrogens with one attached hydrogen (secondary N) is 1. The van der Waals surface area contributed by atoms with E-state index in [1.807, 2.05) is 52.5 Å². The minimum absolute atomic E-state index is 0.0171. The molecule has 35 heavy (non-hydrogen) atoms. The van der Waals surface area contributed by atoms with E-state index < -0.39 is 0 Å². The third-order valence-electron chi connectivity index (χ3n) is 5.49. The molecule has 1 aromatic carbocycles. The van der Waals surface area contributed by atoms with Crippen molar-refractivity contribution in [2.24, 2.45) is 5.92 Å². The second kappa shape index (κ2) is 9.81. The Hall–Kier alpha value is -3.82. The SMILES string of the molecule is CC(C)COc1ccc(-c2csc3c(=O)[nH]c(-c4nccn4Cc4cccc(CO)c4)nc23)cn1. The lowest BCUT2D eigenvalue weighted by atomic mass is 10.1. The Morgan fingerprint density at radius 1 is 1.17 bits per heavy atom. The molecule has 8 nitrogen and oxygen atoms in total. The molecule has 0 bridgehead atoms. The summed E-state index contributed by atoms with van der Waals surface area (Å²) in [5, 5.41) is 11.4. The first-order valence-corrected chi connectivity index (χ1v) is 12.2. The Labute approximate surface area is 205 Å². The lowest BCUT2D eigenvalue weighted by Crippen LogP contribution is -2.11. The van der Waals surface area contributed by atoms with Gasteiger partial charge in [-0.2, -0.15) is 0 Å². The number of imidazole rings is 1. The van der Waals surface area contributed by atoms with Crippen LogP contribution < -0.4 is 10.3 Å². The van der Waals surface area contributed by atoms with Crippen molar-refractivity contribution < 1.29 is 9.84 Å². The van der Waals surface area contributed by atoms with E-state index in [0.29, 0.717) is 46.8 Å². The summed E-state index contributed by atoms with van der Waals surface area (Å²) in [5.74, 6) is 1.94. The molecule has 0 aliphatic heterocycles.